The lowest BCUT2D eigenvalue weighted by molar-refractivity contribution is 0.499. The van der Waals surface area contributed by atoms with Crippen molar-refractivity contribution in [3.63, 3.8) is 0 Å². The van der Waals surface area contributed by atoms with E-state index >= 15 is 0 Å². The number of rotatable bonds is 6. The first-order chi connectivity index (χ1) is 6.43. The van der Waals surface area contributed by atoms with Crippen molar-refractivity contribution in [2.45, 2.75) is 76.3 Å². The number of hydrogen-bond donors (Lipinski definition) is 0. The lowest BCUT2D eigenvalue weighted by atomic mass is 10.0. The molecule has 0 aliphatic heterocycles. The molecule has 1 rings (SSSR count). The van der Waals surface area contributed by atoms with Gasteiger partial charge >= 0.3 is 0 Å². The molecule has 1 fully saturated rings. The molecular formula is C12H26Si. The maximum Gasteiger partial charge on any atom is 0.0231 e. The maximum absolute atomic E-state index is 2.30. The molecule has 0 atom stereocenters. The second-order valence-electron chi connectivity index (χ2n) is 4.71. The normalized spacial score (nSPS) is 20.1. The van der Waals surface area contributed by atoms with E-state index in [2.05, 4.69) is 6.92 Å². The molecule has 0 amide bonds. The minimum absolute atomic E-state index is 0.338. The van der Waals surface area contributed by atoms with Gasteiger partial charge in [0.05, 0.1) is 0 Å². The van der Waals surface area contributed by atoms with Crippen molar-refractivity contribution in [2.75, 3.05) is 0 Å². The largest absolute Gasteiger partial charge is 0.0654 e. The zero-order chi connectivity index (χ0) is 9.36. The van der Waals surface area contributed by atoms with E-state index in [1.54, 1.807) is 38.1 Å². The van der Waals surface area contributed by atoms with Crippen LogP contribution < -0.4 is 0 Å². The van der Waals surface area contributed by atoms with Crippen LogP contribution in [0.1, 0.15) is 64.7 Å². The summed E-state index contributed by atoms with van der Waals surface area (Å²) in [6, 6.07) is 1.64. The Morgan fingerprint density at radius 3 is 2.46 bits per heavy atom. The van der Waals surface area contributed by atoms with Crippen molar-refractivity contribution in [2.24, 2.45) is 0 Å². The van der Waals surface area contributed by atoms with E-state index in [4.69, 9.17) is 0 Å². The predicted molar refractivity (Wildman–Crippen MR) is 64.3 cm³/mol. The van der Waals surface area contributed by atoms with E-state index in [1.165, 1.54) is 31.2 Å². The molecule has 1 aliphatic carbocycles. The topological polar surface area (TPSA) is 0 Å². The third-order valence-electron chi connectivity index (χ3n) is 3.44. The molecular weight excluding hydrogens is 172 g/mol. The van der Waals surface area contributed by atoms with E-state index < -0.39 is 0 Å². The van der Waals surface area contributed by atoms with Crippen LogP contribution in [0.25, 0.3) is 0 Å². The van der Waals surface area contributed by atoms with Gasteiger partial charge in [-0.3, -0.25) is 0 Å². The fourth-order valence-corrected chi connectivity index (χ4v) is 4.89. The SMILES string of the molecule is CCCCCC[SiH2]C1CCCCC1. The average molecular weight is 198 g/mol. The molecule has 0 radical (unpaired) electrons. The molecule has 0 nitrogen and oxygen atoms in total. The van der Waals surface area contributed by atoms with Crippen molar-refractivity contribution in [1.29, 1.82) is 0 Å². The fourth-order valence-electron chi connectivity index (χ4n) is 2.51. The Balaban J connectivity index is 1.86. The molecule has 78 valence electrons. The van der Waals surface area contributed by atoms with Crippen LogP contribution >= 0.6 is 0 Å². The van der Waals surface area contributed by atoms with Gasteiger partial charge < -0.3 is 0 Å². The predicted octanol–water partition coefficient (Wildman–Crippen LogP) is 3.91. The number of hydrogen-bond acceptors (Lipinski definition) is 0. The third-order valence-corrected chi connectivity index (χ3v) is 5.98. The first-order valence-corrected chi connectivity index (χ1v) is 8.25. The summed E-state index contributed by atoms with van der Waals surface area (Å²) in [4.78, 5) is 0. The Kier molecular flexibility index (Phi) is 6.61. The minimum atomic E-state index is 0.338. The van der Waals surface area contributed by atoms with E-state index in [0.29, 0.717) is 9.52 Å². The van der Waals surface area contributed by atoms with Gasteiger partial charge in [-0.25, -0.2) is 0 Å². The van der Waals surface area contributed by atoms with Gasteiger partial charge in [0.15, 0.2) is 0 Å². The quantitative estimate of drug-likeness (QED) is 0.448. The highest BCUT2D eigenvalue weighted by Crippen LogP contribution is 2.28. The molecule has 13 heavy (non-hydrogen) atoms. The fraction of sp³-hybridized carbons (Fsp3) is 1.00. The van der Waals surface area contributed by atoms with Gasteiger partial charge in [0.25, 0.3) is 0 Å². The molecule has 0 unspecified atom stereocenters. The molecule has 0 N–H and O–H groups in total. The van der Waals surface area contributed by atoms with Crippen LogP contribution in [0.15, 0.2) is 0 Å². The molecule has 0 aromatic carbocycles. The van der Waals surface area contributed by atoms with Gasteiger partial charge in [0, 0.05) is 9.52 Å². The Morgan fingerprint density at radius 1 is 1.00 bits per heavy atom. The standard InChI is InChI=1S/C12H26Si/c1-2-3-4-8-11-13-12-9-6-5-7-10-12/h12H,2-11,13H2,1H3. The second-order valence-corrected chi connectivity index (χ2v) is 7.15. The van der Waals surface area contributed by atoms with Crippen molar-refractivity contribution in [3.05, 3.63) is 0 Å². The maximum atomic E-state index is 2.30. The summed E-state index contributed by atoms with van der Waals surface area (Å²) in [5, 5.41) is 0. The minimum Gasteiger partial charge on any atom is -0.0654 e. The highest BCUT2D eigenvalue weighted by Gasteiger charge is 2.12. The highest BCUT2D eigenvalue weighted by atomic mass is 28.2. The molecule has 0 spiro atoms. The monoisotopic (exact) mass is 198 g/mol. The van der Waals surface area contributed by atoms with Gasteiger partial charge in [-0.05, 0) is 0 Å². The average Bonchev–Trinajstić information content (AvgIpc) is 2.19. The molecule has 1 aliphatic rings. The lowest BCUT2D eigenvalue weighted by Gasteiger charge is -2.20. The molecule has 0 heterocycles. The second kappa shape index (κ2) is 7.60. The van der Waals surface area contributed by atoms with Crippen LogP contribution in [0, 0.1) is 0 Å². The van der Waals surface area contributed by atoms with Crippen LogP contribution in [0.4, 0.5) is 0 Å². The third kappa shape index (κ3) is 5.51. The summed E-state index contributed by atoms with van der Waals surface area (Å²) in [6.07, 6.45) is 13.7. The molecule has 1 heteroatoms. The molecule has 0 bridgehead atoms. The lowest BCUT2D eigenvalue weighted by Crippen LogP contribution is -2.07. The van der Waals surface area contributed by atoms with Crippen molar-refractivity contribution < 1.29 is 0 Å². The smallest absolute Gasteiger partial charge is 0.0231 e. The first kappa shape index (κ1) is 11.3. The summed E-state index contributed by atoms with van der Waals surface area (Å²) in [6.45, 7) is 2.30. The first-order valence-electron chi connectivity index (χ1n) is 6.43. The van der Waals surface area contributed by atoms with Crippen LogP contribution in [0.2, 0.25) is 11.6 Å². The van der Waals surface area contributed by atoms with Crippen LogP contribution in [-0.2, 0) is 0 Å². The van der Waals surface area contributed by atoms with Crippen LogP contribution in [-0.4, -0.2) is 9.52 Å². The van der Waals surface area contributed by atoms with Gasteiger partial charge in [-0.15, -0.1) is 0 Å². The van der Waals surface area contributed by atoms with E-state index in [1.807, 2.05) is 0 Å². The van der Waals surface area contributed by atoms with Crippen molar-refractivity contribution >= 4 is 9.52 Å². The molecule has 0 aromatic heterocycles. The summed E-state index contributed by atoms with van der Waals surface area (Å²) in [5.74, 6) is 0. The highest BCUT2D eigenvalue weighted by molar-refractivity contribution is 6.37. The van der Waals surface area contributed by atoms with Crippen LogP contribution in [0.3, 0.4) is 0 Å². The number of unbranched alkanes of at least 4 members (excludes halogenated alkanes) is 3. The van der Waals surface area contributed by atoms with Gasteiger partial charge in [0.1, 0.15) is 0 Å². The van der Waals surface area contributed by atoms with Gasteiger partial charge in [-0.1, -0.05) is 76.3 Å². The van der Waals surface area contributed by atoms with Crippen molar-refractivity contribution in [1.82, 2.24) is 0 Å². The summed E-state index contributed by atoms with van der Waals surface area (Å²) >= 11 is 0. The zero-order valence-electron chi connectivity index (χ0n) is 9.36. The van der Waals surface area contributed by atoms with Gasteiger partial charge in [0.2, 0.25) is 0 Å². The summed E-state index contributed by atoms with van der Waals surface area (Å²) < 4.78 is 0. The molecule has 0 aromatic rings. The summed E-state index contributed by atoms with van der Waals surface area (Å²) in [5.41, 5.74) is 1.25. The van der Waals surface area contributed by atoms with Crippen molar-refractivity contribution in [3.8, 4) is 0 Å². The zero-order valence-corrected chi connectivity index (χ0v) is 10.8. The molecule has 1 saturated carbocycles. The van der Waals surface area contributed by atoms with E-state index in [9.17, 15) is 0 Å². The Morgan fingerprint density at radius 2 is 1.77 bits per heavy atom. The van der Waals surface area contributed by atoms with Gasteiger partial charge in [-0.2, -0.15) is 0 Å². The van der Waals surface area contributed by atoms with Crippen LogP contribution in [0.5, 0.6) is 0 Å². The van der Waals surface area contributed by atoms with E-state index in [-0.39, 0.29) is 0 Å². The van der Waals surface area contributed by atoms with E-state index in [0.717, 1.165) is 0 Å². The Bertz CT molecular complexity index is 106. The Labute approximate surface area is 86.3 Å². The Hall–Kier alpha value is 0.217. The summed E-state index contributed by atoms with van der Waals surface area (Å²) in [7, 11) is 0.338. The molecule has 0 saturated heterocycles.